The zero-order valence-corrected chi connectivity index (χ0v) is 9.85. The molecule has 0 fully saturated rings. The summed E-state index contributed by atoms with van der Waals surface area (Å²) >= 11 is 1.76. The van der Waals surface area contributed by atoms with Gasteiger partial charge in [0.25, 0.3) is 0 Å². The molecule has 14 heavy (non-hydrogen) atoms. The van der Waals surface area contributed by atoms with Crippen molar-refractivity contribution >= 4 is 17.7 Å². The SMILES string of the molecule is CCC(C)CCSCC(N)CC(=O)O. The molecule has 0 aliphatic carbocycles. The molecule has 0 spiro atoms. The standard InChI is InChI=1S/C10H21NO2S/c1-3-8(2)4-5-14-7-9(11)6-10(12)13/h8-9H,3-7,11H2,1-2H3,(H,12,13). The molecule has 0 radical (unpaired) electrons. The number of carboxylic acid groups (broad SMARTS) is 1. The molecule has 2 unspecified atom stereocenters. The number of carboxylic acids is 1. The van der Waals surface area contributed by atoms with Gasteiger partial charge in [0.1, 0.15) is 0 Å². The number of thioether (sulfide) groups is 1. The van der Waals surface area contributed by atoms with Crippen molar-refractivity contribution in [1.82, 2.24) is 0 Å². The maximum Gasteiger partial charge on any atom is 0.304 e. The van der Waals surface area contributed by atoms with Crippen molar-refractivity contribution < 1.29 is 9.90 Å². The minimum absolute atomic E-state index is 0.0797. The number of carbonyl (C=O) groups is 1. The zero-order valence-electron chi connectivity index (χ0n) is 9.03. The molecule has 0 amide bonds. The molecule has 0 heterocycles. The smallest absolute Gasteiger partial charge is 0.304 e. The van der Waals surface area contributed by atoms with Crippen LogP contribution in [0, 0.1) is 5.92 Å². The van der Waals surface area contributed by atoms with Crippen LogP contribution in [0.3, 0.4) is 0 Å². The van der Waals surface area contributed by atoms with Crippen molar-refractivity contribution in [2.24, 2.45) is 11.7 Å². The van der Waals surface area contributed by atoms with E-state index < -0.39 is 5.97 Å². The number of hydrogen-bond donors (Lipinski definition) is 2. The van der Waals surface area contributed by atoms with E-state index in [2.05, 4.69) is 13.8 Å². The Kier molecular flexibility index (Phi) is 7.99. The van der Waals surface area contributed by atoms with Gasteiger partial charge in [-0.15, -0.1) is 0 Å². The summed E-state index contributed by atoms with van der Waals surface area (Å²) in [5.74, 6) is 1.80. The van der Waals surface area contributed by atoms with Gasteiger partial charge < -0.3 is 10.8 Å². The molecule has 3 N–H and O–H groups in total. The first kappa shape index (κ1) is 13.8. The Morgan fingerprint density at radius 1 is 1.57 bits per heavy atom. The van der Waals surface area contributed by atoms with Crippen molar-refractivity contribution in [3.63, 3.8) is 0 Å². The highest BCUT2D eigenvalue weighted by Crippen LogP contribution is 2.13. The van der Waals surface area contributed by atoms with Gasteiger partial charge in [-0.1, -0.05) is 20.3 Å². The topological polar surface area (TPSA) is 63.3 Å². The van der Waals surface area contributed by atoms with Crippen molar-refractivity contribution in [3.05, 3.63) is 0 Å². The van der Waals surface area contributed by atoms with Crippen LogP contribution in [-0.2, 0) is 4.79 Å². The Morgan fingerprint density at radius 3 is 2.71 bits per heavy atom. The Balaban J connectivity index is 3.31. The monoisotopic (exact) mass is 219 g/mol. The Bertz CT molecular complexity index is 164. The van der Waals surface area contributed by atoms with Gasteiger partial charge in [0, 0.05) is 11.8 Å². The van der Waals surface area contributed by atoms with Gasteiger partial charge in [-0.3, -0.25) is 4.79 Å². The van der Waals surface area contributed by atoms with Crippen molar-refractivity contribution in [2.75, 3.05) is 11.5 Å². The molecule has 0 rings (SSSR count). The van der Waals surface area contributed by atoms with E-state index in [1.54, 1.807) is 11.8 Å². The first-order chi connectivity index (χ1) is 6.56. The maximum absolute atomic E-state index is 10.3. The predicted octanol–water partition coefficient (Wildman–Crippen LogP) is 1.96. The largest absolute Gasteiger partial charge is 0.481 e. The summed E-state index contributed by atoms with van der Waals surface area (Å²) in [7, 11) is 0. The fraction of sp³-hybridized carbons (Fsp3) is 0.900. The number of aliphatic carboxylic acids is 1. The number of rotatable bonds is 8. The second kappa shape index (κ2) is 8.12. The van der Waals surface area contributed by atoms with Gasteiger partial charge in [0.2, 0.25) is 0 Å². The summed E-state index contributed by atoms with van der Waals surface area (Å²) in [6.45, 7) is 4.42. The van der Waals surface area contributed by atoms with E-state index in [1.807, 2.05) is 0 Å². The Labute approximate surface area is 90.4 Å². The van der Waals surface area contributed by atoms with Crippen LogP contribution < -0.4 is 5.73 Å². The first-order valence-corrected chi connectivity index (χ1v) is 6.26. The highest BCUT2D eigenvalue weighted by Gasteiger charge is 2.07. The molecular formula is C10H21NO2S. The zero-order chi connectivity index (χ0) is 11.0. The Morgan fingerprint density at radius 2 is 2.21 bits per heavy atom. The lowest BCUT2D eigenvalue weighted by Gasteiger charge is -2.10. The summed E-state index contributed by atoms with van der Waals surface area (Å²) in [4.78, 5) is 10.3. The summed E-state index contributed by atoms with van der Waals surface area (Å²) in [5.41, 5.74) is 5.62. The number of hydrogen-bond acceptors (Lipinski definition) is 3. The third-order valence-electron chi connectivity index (χ3n) is 2.22. The van der Waals surface area contributed by atoms with Crippen LogP contribution in [0.4, 0.5) is 0 Å². The van der Waals surface area contributed by atoms with Gasteiger partial charge in [0.05, 0.1) is 6.42 Å². The normalized spacial score (nSPS) is 15.1. The minimum Gasteiger partial charge on any atom is -0.481 e. The van der Waals surface area contributed by atoms with E-state index in [1.165, 1.54) is 12.8 Å². The molecular weight excluding hydrogens is 198 g/mol. The molecule has 0 saturated carbocycles. The second-order valence-corrected chi connectivity index (χ2v) is 4.88. The molecule has 0 aliphatic rings. The molecule has 0 saturated heterocycles. The third kappa shape index (κ3) is 8.38. The van der Waals surface area contributed by atoms with Crippen LogP contribution in [0.25, 0.3) is 0 Å². The molecule has 0 aromatic carbocycles. The number of nitrogens with two attached hydrogens (primary N) is 1. The maximum atomic E-state index is 10.3. The van der Waals surface area contributed by atoms with Crippen LogP contribution in [0.5, 0.6) is 0 Å². The molecule has 0 aromatic rings. The highest BCUT2D eigenvalue weighted by molar-refractivity contribution is 7.99. The van der Waals surface area contributed by atoms with Crippen molar-refractivity contribution in [2.45, 2.75) is 39.2 Å². The van der Waals surface area contributed by atoms with Crippen LogP contribution in [0.2, 0.25) is 0 Å². The van der Waals surface area contributed by atoms with E-state index in [0.717, 1.165) is 17.4 Å². The van der Waals surface area contributed by atoms with E-state index >= 15 is 0 Å². The lowest BCUT2D eigenvalue weighted by Crippen LogP contribution is -2.26. The average molecular weight is 219 g/mol. The fourth-order valence-electron chi connectivity index (χ4n) is 1.01. The minimum atomic E-state index is -0.806. The van der Waals surface area contributed by atoms with Crippen LogP contribution >= 0.6 is 11.8 Å². The molecule has 84 valence electrons. The van der Waals surface area contributed by atoms with Gasteiger partial charge in [-0.05, 0) is 18.1 Å². The van der Waals surface area contributed by atoms with Gasteiger partial charge in [-0.2, -0.15) is 11.8 Å². The molecule has 3 nitrogen and oxygen atoms in total. The van der Waals surface area contributed by atoms with Crippen LogP contribution in [0.15, 0.2) is 0 Å². The van der Waals surface area contributed by atoms with E-state index in [-0.39, 0.29) is 12.5 Å². The lowest BCUT2D eigenvalue weighted by atomic mass is 10.1. The molecule has 0 bridgehead atoms. The quantitative estimate of drug-likeness (QED) is 0.613. The molecule has 0 aromatic heterocycles. The van der Waals surface area contributed by atoms with E-state index in [4.69, 9.17) is 10.8 Å². The van der Waals surface area contributed by atoms with Crippen LogP contribution in [0.1, 0.15) is 33.1 Å². The van der Waals surface area contributed by atoms with Gasteiger partial charge in [-0.25, -0.2) is 0 Å². The molecule has 2 atom stereocenters. The highest BCUT2D eigenvalue weighted by atomic mass is 32.2. The summed E-state index contributed by atoms with van der Waals surface area (Å²) in [6.07, 6.45) is 2.49. The molecule has 4 heteroatoms. The van der Waals surface area contributed by atoms with Crippen molar-refractivity contribution in [1.29, 1.82) is 0 Å². The fourth-order valence-corrected chi connectivity index (χ4v) is 2.16. The van der Waals surface area contributed by atoms with Crippen molar-refractivity contribution in [3.8, 4) is 0 Å². The van der Waals surface area contributed by atoms with Gasteiger partial charge >= 0.3 is 5.97 Å². The van der Waals surface area contributed by atoms with Gasteiger partial charge in [0.15, 0.2) is 0 Å². The second-order valence-electron chi connectivity index (χ2n) is 3.73. The van der Waals surface area contributed by atoms with E-state index in [0.29, 0.717) is 0 Å². The summed E-state index contributed by atoms with van der Waals surface area (Å²) in [6, 6.07) is -0.200. The van der Waals surface area contributed by atoms with Crippen LogP contribution in [-0.4, -0.2) is 28.6 Å². The summed E-state index contributed by atoms with van der Waals surface area (Å²) < 4.78 is 0. The predicted molar refractivity (Wildman–Crippen MR) is 61.6 cm³/mol. The summed E-state index contributed by atoms with van der Waals surface area (Å²) in [5, 5.41) is 8.48. The molecule has 0 aliphatic heterocycles. The Hall–Kier alpha value is -0.220. The average Bonchev–Trinajstić information content (AvgIpc) is 2.10. The first-order valence-electron chi connectivity index (χ1n) is 5.11. The third-order valence-corrected chi connectivity index (χ3v) is 3.41. The van der Waals surface area contributed by atoms with E-state index in [9.17, 15) is 4.79 Å². The lowest BCUT2D eigenvalue weighted by molar-refractivity contribution is -0.137.